The number of aliphatic hydroxyl groups is 1. The van der Waals surface area contributed by atoms with Gasteiger partial charge in [0.1, 0.15) is 0 Å². The maximum Gasteiger partial charge on any atom is 0.0917 e. The molecule has 0 bridgehead atoms. The van der Waals surface area contributed by atoms with E-state index in [0.29, 0.717) is 17.6 Å². The Labute approximate surface area is 136 Å². The topological polar surface area (TPSA) is 35.5 Å². The second kappa shape index (κ2) is 7.25. The molecule has 3 nitrogen and oxygen atoms in total. The van der Waals surface area contributed by atoms with E-state index in [1.807, 2.05) is 30.3 Å². The first kappa shape index (κ1) is 15.5. The van der Waals surface area contributed by atoms with Crippen LogP contribution in [0.1, 0.15) is 23.3 Å². The minimum absolute atomic E-state index is 0.295. The van der Waals surface area contributed by atoms with E-state index in [-0.39, 0.29) is 0 Å². The second-order valence-corrected chi connectivity index (χ2v) is 6.13. The number of halogens is 1. The van der Waals surface area contributed by atoms with Crippen LogP contribution < -0.4 is 5.32 Å². The smallest absolute Gasteiger partial charge is 0.0917 e. The largest absolute Gasteiger partial charge is 0.387 e. The Kier molecular flexibility index (Phi) is 5.11. The van der Waals surface area contributed by atoms with Crippen LogP contribution in [0.4, 0.5) is 0 Å². The van der Waals surface area contributed by atoms with Crippen molar-refractivity contribution in [3.05, 3.63) is 70.7 Å². The summed E-state index contributed by atoms with van der Waals surface area (Å²) in [4.78, 5) is 2.34. The van der Waals surface area contributed by atoms with Crippen LogP contribution in [0.2, 0.25) is 5.02 Å². The quantitative estimate of drug-likeness (QED) is 0.910. The summed E-state index contributed by atoms with van der Waals surface area (Å²) in [5.41, 5.74) is 2.16. The predicted molar refractivity (Wildman–Crippen MR) is 90.0 cm³/mol. The summed E-state index contributed by atoms with van der Waals surface area (Å²) in [6.07, 6.45) is -0.525. The number of β-amino-alcohol motifs (C(OH)–C–C–N with tert-alkyl or cyclic N) is 1. The van der Waals surface area contributed by atoms with Crippen LogP contribution in [-0.2, 0) is 0 Å². The van der Waals surface area contributed by atoms with Crippen molar-refractivity contribution in [2.24, 2.45) is 0 Å². The van der Waals surface area contributed by atoms with Gasteiger partial charge in [0.05, 0.1) is 6.10 Å². The predicted octanol–water partition coefficient (Wildman–Crippen LogP) is 3.02. The van der Waals surface area contributed by atoms with Crippen molar-refractivity contribution in [2.45, 2.75) is 12.1 Å². The fraction of sp³-hybridized carbons (Fsp3) is 0.333. The van der Waals surface area contributed by atoms with Gasteiger partial charge in [-0.15, -0.1) is 0 Å². The molecule has 0 saturated carbocycles. The number of rotatable bonds is 4. The number of nitrogens with one attached hydrogen (secondary N) is 1. The van der Waals surface area contributed by atoms with Crippen LogP contribution in [0.5, 0.6) is 0 Å². The molecule has 0 spiro atoms. The Morgan fingerprint density at radius 1 is 1.18 bits per heavy atom. The molecule has 2 N–H and O–H groups in total. The average molecular weight is 317 g/mol. The lowest BCUT2D eigenvalue weighted by molar-refractivity contribution is 0.0733. The number of hydrogen-bond acceptors (Lipinski definition) is 3. The van der Waals surface area contributed by atoms with Gasteiger partial charge in [0.15, 0.2) is 0 Å². The molecule has 0 amide bonds. The van der Waals surface area contributed by atoms with E-state index in [9.17, 15) is 5.11 Å². The number of hydrogen-bond donors (Lipinski definition) is 2. The molecule has 0 aliphatic carbocycles. The first-order valence-corrected chi connectivity index (χ1v) is 8.05. The zero-order valence-corrected chi connectivity index (χ0v) is 13.2. The van der Waals surface area contributed by atoms with Crippen molar-refractivity contribution in [2.75, 3.05) is 26.2 Å². The van der Waals surface area contributed by atoms with Gasteiger partial charge in [0.2, 0.25) is 0 Å². The monoisotopic (exact) mass is 316 g/mol. The SMILES string of the molecule is OC(CN1CCNCC1c1ccccc1)c1cccc(Cl)c1. The number of benzene rings is 2. The van der Waals surface area contributed by atoms with Crippen molar-refractivity contribution in [3.63, 3.8) is 0 Å². The Hall–Kier alpha value is -1.39. The van der Waals surface area contributed by atoms with E-state index in [1.54, 1.807) is 0 Å². The maximum absolute atomic E-state index is 10.5. The van der Waals surface area contributed by atoms with Gasteiger partial charge >= 0.3 is 0 Å². The molecule has 1 heterocycles. The van der Waals surface area contributed by atoms with Gasteiger partial charge in [-0.05, 0) is 23.3 Å². The average Bonchev–Trinajstić information content (AvgIpc) is 2.56. The van der Waals surface area contributed by atoms with E-state index in [4.69, 9.17) is 11.6 Å². The molecule has 0 aromatic heterocycles. The molecule has 0 radical (unpaired) electrons. The zero-order chi connectivity index (χ0) is 15.4. The minimum atomic E-state index is -0.525. The third-order valence-electron chi connectivity index (χ3n) is 4.18. The fourth-order valence-corrected chi connectivity index (χ4v) is 3.21. The summed E-state index contributed by atoms with van der Waals surface area (Å²) in [5, 5.41) is 14.6. The lowest BCUT2D eigenvalue weighted by Gasteiger charge is -2.37. The first-order valence-electron chi connectivity index (χ1n) is 7.67. The van der Waals surface area contributed by atoms with Crippen molar-refractivity contribution < 1.29 is 5.11 Å². The Bertz CT molecular complexity index is 605. The van der Waals surface area contributed by atoms with Gasteiger partial charge in [-0.2, -0.15) is 0 Å². The molecule has 1 saturated heterocycles. The zero-order valence-electron chi connectivity index (χ0n) is 12.5. The first-order chi connectivity index (χ1) is 10.7. The van der Waals surface area contributed by atoms with Crippen LogP contribution in [0.3, 0.4) is 0 Å². The van der Waals surface area contributed by atoms with Gasteiger partial charge in [-0.1, -0.05) is 54.1 Å². The molecular formula is C18H21ClN2O. The number of piperazine rings is 1. The minimum Gasteiger partial charge on any atom is -0.387 e. The standard InChI is InChI=1S/C18H21ClN2O/c19-16-8-4-7-15(11-16)18(22)13-21-10-9-20-12-17(21)14-5-2-1-3-6-14/h1-8,11,17-18,20,22H,9-10,12-13H2. The van der Waals surface area contributed by atoms with E-state index in [1.165, 1.54) is 5.56 Å². The van der Waals surface area contributed by atoms with Gasteiger partial charge in [-0.3, -0.25) is 4.90 Å². The van der Waals surface area contributed by atoms with Crippen LogP contribution in [0.25, 0.3) is 0 Å². The number of aliphatic hydroxyl groups excluding tert-OH is 1. The van der Waals surface area contributed by atoms with E-state index in [0.717, 1.165) is 25.2 Å². The molecule has 3 rings (SSSR count). The van der Waals surface area contributed by atoms with Gasteiger partial charge in [0, 0.05) is 37.2 Å². The molecule has 22 heavy (non-hydrogen) atoms. The molecule has 2 aromatic carbocycles. The molecule has 1 aliphatic rings. The van der Waals surface area contributed by atoms with Crippen molar-refractivity contribution in [1.82, 2.24) is 10.2 Å². The van der Waals surface area contributed by atoms with Crippen LogP contribution in [-0.4, -0.2) is 36.2 Å². The van der Waals surface area contributed by atoms with Crippen LogP contribution in [0.15, 0.2) is 54.6 Å². The summed E-state index contributed by atoms with van der Waals surface area (Å²) in [5.74, 6) is 0. The molecular weight excluding hydrogens is 296 g/mol. The van der Waals surface area contributed by atoms with Crippen molar-refractivity contribution in [3.8, 4) is 0 Å². The lowest BCUT2D eigenvalue weighted by atomic mass is 10.0. The molecule has 116 valence electrons. The summed E-state index contributed by atoms with van der Waals surface area (Å²) < 4.78 is 0. The second-order valence-electron chi connectivity index (χ2n) is 5.70. The normalized spacial score (nSPS) is 20.7. The summed E-state index contributed by atoms with van der Waals surface area (Å²) in [6, 6.07) is 18.2. The van der Waals surface area contributed by atoms with Gasteiger partial charge in [0.25, 0.3) is 0 Å². The molecule has 4 heteroatoms. The Morgan fingerprint density at radius 3 is 2.77 bits per heavy atom. The van der Waals surface area contributed by atoms with Crippen molar-refractivity contribution >= 4 is 11.6 Å². The molecule has 2 atom stereocenters. The number of nitrogens with zero attached hydrogens (tertiary/aromatic N) is 1. The third kappa shape index (κ3) is 3.68. The van der Waals surface area contributed by atoms with Crippen molar-refractivity contribution in [1.29, 1.82) is 0 Å². The van der Waals surface area contributed by atoms with E-state index < -0.39 is 6.10 Å². The molecule has 2 aromatic rings. The summed E-state index contributed by atoms with van der Waals surface area (Å²) >= 11 is 6.02. The lowest BCUT2D eigenvalue weighted by Crippen LogP contribution is -2.47. The Morgan fingerprint density at radius 2 is 2.00 bits per heavy atom. The maximum atomic E-state index is 10.5. The Balaban J connectivity index is 1.74. The highest BCUT2D eigenvalue weighted by molar-refractivity contribution is 6.30. The van der Waals surface area contributed by atoms with E-state index >= 15 is 0 Å². The van der Waals surface area contributed by atoms with Crippen LogP contribution >= 0.6 is 11.6 Å². The van der Waals surface area contributed by atoms with Crippen LogP contribution in [0, 0.1) is 0 Å². The van der Waals surface area contributed by atoms with Gasteiger partial charge < -0.3 is 10.4 Å². The highest BCUT2D eigenvalue weighted by atomic mass is 35.5. The third-order valence-corrected chi connectivity index (χ3v) is 4.41. The van der Waals surface area contributed by atoms with E-state index in [2.05, 4.69) is 34.5 Å². The van der Waals surface area contributed by atoms with Gasteiger partial charge in [-0.25, -0.2) is 0 Å². The fourth-order valence-electron chi connectivity index (χ4n) is 3.01. The summed E-state index contributed by atoms with van der Waals surface area (Å²) in [7, 11) is 0. The summed E-state index contributed by atoms with van der Waals surface area (Å²) in [6.45, 7) is 3.40. The highest BCUT2D eigenvalue weighted by Gasteiger charge is 2.25. The molecule has 1 aliphatic heterocycles. The highest BCUT2D eigenvalue weighted by Crippen LogP contribution is 2.26. The molecule has 1 fully saturated rings. The molecule has 2 unspecified atom stereocenters.